The van der Waals surface area contributed by atoms with Crippen LogP contribution in [0.15, 0.2) is 12.2 Å². The van der Waals surface area contributed by atoms with Crippen molar-refractivity contribution in [2.24, 2.45) is 0 Å². The van der Waals surface area contributed by atoms with Crippen LogP contribution in [0.1, 0.15) is 6.92 Å². The largest absolute Gasteiger partial charge is 0.462 e. The smallest absolute Gasteiger partial charge is 0.330 e. The second kappa shape index (κ2) is 7.99. The minimum atomic E-state index is -0.489. The lowest BCUT2D eigenvalue weighted by atomic mass is 10.5. The van der Waals surface area contributed by atoms with E-state index in [2.05, 4.69) is 36.6 Å². The van der Waals surface area contributed by atoms with E-state index in [-0.39, 0.29) is 19.2 Å². The van der Waals surface area contributed by atoms with Crippen LogP contribution in [0.4, 0.5) is 0 Å². The number of hydrogen-bond acceptors (Lipinski definition) is 4. The molecule has 0 aliphatic heterocycles. The van der Waals surface area contributed by atoms with Gasteiger partial charge < -0.3 is 9.47 Å². The molecular weight excluding hydrogens is 320 g/mol. The molecule has 0 aliphatic carbocycles. The minimum absolute atomic E-state index is 0.161. The summed E-state index contributed by atoms with van der Waals surface area (Å²) in [7, 11) is 0. The minimum Gasteiger partial charge on any atom is -0.462 e. The summed E-state index contributed by atoms with van der Waals surface area (Å²) in [6.45, 7) is 1.68. The van der Waals surface area contributed by atoms with E-state index in [4.69, 9.17) is 4.74 Å². The third-order valence-corrected chi connectivity index (χ3v) is 1.80. The molecule has 0 saturated carbocycles. The molecule has 0 atom stereocenters. The van der Waals surface area contributed by atoms with E-state index in [1.54, 1.807) is 12.2 Å². The maximum atomic E-state index is 10.8. The summed E-state index contributed by atoms with van der Waals surface area (Å²) in [6, 6.07) is 0. The van der Waals surface area contributed by atoms with E-state index >= 15 is 0 Å². The first-order chi connectivity index (χ1) is 6.54. The number of hydrogen-bond donors (Lipinski definition) is 0. The molecule has 0 heterocycles. The molecule has 0 unspecified atom stereocenters. The first-order valence-corrected chi connectivity index (χ1v) is 5.60. The Morgan fingerprint density at radius 2 is 1.71 bits per heavy atom. The summed E-state index contributed by atoms with van der Waals surface area (Å²) in [6.07, 6.45) is 3.20. The molecular formula is C8H10Br2O4. The van der Waals surface area contributed by atoms with Crippen molar-refractivity contribution in [1.82, 2.24) is 0 Å². The topological polar surface area (TPSA) is 52.6 Å². The highest BCUT2D eigenvalue weighted by atomic mass is 79.9. The molecule has 0 fully saturated rings. The Bertz CT molecular complexity index is 225. The molecule has 6 heteroatoms. The average Bonchev–Trinajstić information content (AvgIpc) is 2.09. The van der Waals surface area contributed by atoms with Gasteiger partial charge in [-0.25, -0.2) is 4.79 Å². The quantitative estimate of drug-likeness (QED) is 0.438. The summed E-state index contributed by atoms with van der Waals surface area (Å²) < 4.78 is 8.87. The number of esters is 2. The van der Waals surface area contributed by atoms with Gasteiger partial charge in [0.1, 0.15) is 13.2 Å². The van der Waals surface area contributed by atoms with Crippen molar-refractivity contribution in [2.75, 3.05) is 13.2 Å². The van der Waals surface area contributed by atoms with Gasteiger partial charge in [0.05, 0.1) is 0 Å². The molecule has 80 valence electrons. The van der Waals surface area contributed by atoms with Gasteiger partial charge in [0.15, 0.2) is 3.74 Å². The van der Waals surface area contributed by atoms with E-state index < -0.39 is 9.71 Å². The van der Waals surface area contributed by atoms with Crippen LogP contribution in [-0.2, 0) is 19.1 Å². The zero-order valence-corrected chi connectivity index (χ0v) is 10.7. The van der Waals surface area contributed by atoms with Gasteiger partial charge in [-0.3, -0.25) is 4.79 Å². The van der Waals surface area contributed by atoms with Gasteiger partial charge in [-0.1, -0.05) is 31.9 Å². The highest BCUT2D eigenvalue weighted by molar-refractivity contribution is 9.25. The van der Waals surface area contributed by atoms with Crippen LogP contribution in [0.2, 0.25) is 0 Å². The zero-order chi connectivity index (χ0) is 11.0. The average molecular weight is 330 g/mol. The van der Waals surface area contributed by atoms with Gasteiger partial charge in [-0.2, -0.15) is 0 Å². The molecule has 0 aromatic heterocycles. The Morgan fingerprint density at radius 3 is 2.14 bits per heavy atom. The lowest BCUT2D eigenvalue weighted by Gasteiger charge is -2.01. The van der Waals surface area contributed by atoms with Crippen LogP contribution in [-0.4, -0.2) is 28.9 Å². The molecule has 0 spiro atoms. The SMILES string of the molecule is CC(=O)OCC=CCOC(=O)C(Br)Br. The van der Waals surface area contributed by atoms with E-state index in [9.17, 15) is 9.59 Å². The van der Waals surface area contributed by atoms with Crippen LogP contribution in [0, 0.1) is 0 Å². The highest BCUT2D eigenvalue weighted by Gasteiger charge is 2.09. The second-order valence-corrected chi connectivity index (χ2v) is 5.26. The van der Waals surface area contributed by atoms with Crippen molar-refractivity contribution < 1.29 is 19.1 Å². The van der Waals surface area contributed by atoms with E-state index in [0.717, 1.165) is 0 Å². The summed E-state index contributed by atoms with van der Waals surface area (Å²) in [5, 5.41) is 0. The fraction of sp³-hybridized carbons (Fsp3) is 0.500. The lowest BCUT2D eigenvalue weighted by molar-refractivity contribution is -0.141. The van der Waals surface area contributed by atoms with Crippen molar-refractivity contribution in [3.8, 4) is 0 Å². The van der Waals surface area contributed by atoms with Crippen molar-refractivity contribution in [1.29, 1.82) is 0 Å². The monoisotopic (exact) mass is 328 g/mol. The Labute approximate surface area is 98.9 Å². The van der Waals surface area contributed by atoms with Gasteiger partial charge in [0.2, 0.25) is 0 Å². The van der Waals surface area contributed by atoms with Crippen molar-refractivity contribution in [2.45, 2.75) is 10.7 Å². The molecule has 0 bridgehead atoms. The molecule has 0 amide bonds. The van der Waals surface area contributed by atoms with Gasteiger partial charge in [-0.05, 0) is 12.2 Å². The van der Waals surface area contributed by atoms with Crippen molar-refractivity contribution >= 4 is 43.8 Å². The summed E-state index contributed by atoms with van der Waals surface area (Å²) in [5.74, 6) is -0.741. The van der Waals surface area contributed by atoms with Gasteiger partial charge in [0.25, 0.3) is 0 Å². The maximum absolute atomic E-state index is 10.8. The van der Waals surface area contributed by atoms with Crippen LogP contribution in [0.25, 0.3) is 0 Å². The van der Waals surface area contributed by atoms with Crippen LogP contribution < -0.4 is 0 Å². The standard InChI is InChI=1S/C8H10Br2O4/c1-6(11)13-4-2-3-5-14-8(12)7(9)10/h2-3,7H,4-5H2,1H3. The molecule has 14 heavy (non-hydrogen) atoms. The summed E-state index contributed by atoms with van der Waals surface area (Å²) in [5.41, 5.74) is 0. The molecule has 0 aromatic carbocycles. The zero-order valence-electron chi connectivity index (χ0n) is 7.54. The Kier molecular flexibility index (Phi) is 7.78. The molecule has 0 saturated heterocycles. The number of ether oxygens (including phenoxy) is 2. The fourth-order valence-electron chi connectivity index (χ4n) is 0.495. The van der Waals surface area contributed by atoms with Crippen molar-refractivity contribution in [3.05, 3.63) is 12.2 Å². The molecule has 4 nitrogen and oxygen atoms in total. The van der Waals surface area contributed by atoms with Crippen molar-refractivity contribution in [3.63, 3.8) is 0 Å². The molecule has 0 aliphatic rings. The summed E-state index contributed by atoms with van der Waals surface area (Å²) in [4.78, 5) is 21.2. The number of rotatable bonds is 5. The molecule has 0 N–H and O–H groups in total. The maximum Gasteiger partial charge on any atom is 0.330 e. The van der Waals surface area contributed by atoms with Gasteiger partial charge in [-0.15, -0.1) is 0 Å². The number of carbonyl (C=O) groups is 2. The fourth-order valence-corrected chi connectivity index (χ4v) is 0.759. The van der Waals surface area contributed by atoms with E-state index in [1.807, 2.05) is 0 Å². The van der Waals surface area contributed by atoms with E-state index in [0.29, 0.717) is 0 Å². The van der Waals surface area contributed by atoms with Crippen LogP contribution in [0.5, 0.6) is 0 Å². The van der Waals surface area contributed by atoms with Crippen LogP contribution in [0.3, 0.4) is 0 Å². The first-order valence-electron chi connectivity index (χ1n) is 3.77. The Hall–Kier alpha value is -0.360. The Balaban J connectivity index is 3.44. The Morgan fingerprint density at radius 1 is 1.21 bits per heavy atom. The number of carbonyl (C=O) groups excluding carboxylic acids is 2. The number of halogens is 2. The molecule has 0 radical (unpaired) electrons. The predicted molar refractivity (Wildman–Crippen MR) is 58.4 cm³/mol. The second-order valence-electron chi connectivity index (χ2n) is 2.20. The normalized spacial score (nSPS) is 10.6. The third kappa shape index (κ3) is 8.25. The first kappa shape index (κ1) is 13.6. The number of alkyl halides is 2. The van der Waals surface area contributed by atoms with Gasteiger partial charge in [0, 0.05) is 6.92 Å². The van der Waals surface area contributed by atoms with Crippen LogP contribution >= 0.6 is 31.9 Å². The molecule has 0 aromatic rings. The van der Waals surface area contributed by atoms with Gasteiger partial charge >= 0.3 is 11.9 Å². The predicted octanol–water partition coefficient (Wildman–Crippen LogP) is 1.76. The lowest BCUT2D eigenvalue weighted by Crippen LogP contribution is -2.11. The third-order valence-electron chi connectivity index (χ3n) is 1.05. The molecule has 0 rings (SSSR count). The summed E-state index contributed by atoms with van der Waals surface area (Å²) >= 11 is 5.98. The highest BCUT2D eigenvalue weighted by Crippen LogP contribution is 2.09. The van der Waals surface area contributed by atoms with E-state index in [1.165, 1.54) is 6.92 Å².